The highest BCUT2D eigenvalue weighted by Crippen LogP contribution is 2.27. The van der Waals surface area contributed by atoms with Gasteiger partial charge < -0.3 is 20.3 Å². The molecule has 2 aromatic carbocycles. The molecule has 6 N–H and O–H groups in total. The topological polar surface area (TPSA) is 144 Å². The zero-order valence-corrected chi connectivity index (χ0v) is 11.8. The number of nitrogen functional groups attached to an aromatic ring is 2. The van der Waals surface area contributed by atoms with Crippen LogP contribution in [0.2, 0.25) is 0 Å². The Balaban J connectivity index is 1.83. The van der Waals surface area contributed by atoms with Crippen LogP contribution in [0.1, 0.15) is 11.1 Å². The predicted octanol–water partition coefficient (Wildman–Crippen LogP) is 1.31. The van der Waals surface area contributed by atoms with E-state index in [1.165, 1.54) is 0 Å². The number of rotatable bonds is 2. The van der Waals surface area contributed by atoms with Crippen LogP contribution in [0, 0.1) is 0 Å². The van der Waals surface area contributed by atoms with Crippen LogP contribution in [0.4, 0.5) is 11.4 Å². The molecule has 8 heteroatoms. The van der Waals surface area contributed by atoms with Crippen LogP contribution in [0.15, 0.2) is 42.7 Å². The fourth-order valence-electron chi connectivity index (χ4n) is 2.62. The zero-order chi connectivity index (χ0) is 16.1. The van der Waals surface area contributed by atoms with Crippen LogP contribution < -0.4 is 23.0 Å². The number of fused-ring (bicyclic) bond motifs is 2. The highest BCUT2D eigenvalue weighted by Gasteiger charge is 2.11. The van der Waals surface area contributed by atoms with Gasteiger partial charge in [0.1, 0.15) is 0 Å². The van der Waals surface area contributed by atoms with E-state index in [9.17, 15) is 9.59 Å². The summed E-state index contributed by atoms with van der Waals surface area (Å²) in [5, 5.41) is 0. The number of hydrogen-bond donors (Lipinski definition) is 4. The van der Waals surface area contributed by atoms with Crippen LogP contribution in [0.25, 0.3) is 22.2 Å². The average molecular weight is 312 g/mol. The Kier molecular flexibility index (Phi) is 2.61. The van der Waals surface area contributed by atoms with Crippen molar-refractivity contribution in [2.75, 3.05) is 11.5 Å². The first kappa shape index (κ1) is 13.3. The minimum absolute atomic E-state index is 0.410. The molecule has 0 bridgehead atoms. The average Bonchev–Trinajstić information content (AvgIpc) is 3.00. The summed E-state index contributed by atoms with van der Waals surface area (Å²) in [6, 6.07) is 6.67. The zero-order valence-electron chi connectivity index (χ0n) is 11.8. The van der Waals surface area contributed by atoms with Gasteiger partial charge in [-0.1, -0.05) is 0 Å². The molecule has 0 fully saturated rings. The number of nitrogens with two attached hydrogens (primary N) is 2. The first-order valence-corrected chi connectivity index (χ1v) is 6.82. The molecule has 23 heavy (non-hydrogen) atoms. The Bertz CT molecular complexity index is 1070. The summed E-state index contributed by atoms with van der Waals surface area (Å²) in [4.78, 5) is 27.6. The Morgan fingerprint density at radius 2 is 1.22 bits per heavy atom. The molecule has 0 aliphatic heterocycles. The summed E-state index contributed by atoms with van der Waals surface area (Å²) in [6.45, 7) is 0. The van der Waals surface area contributed by atoms with E-state index in [0.717, 1.165) is 11.1 Å². The molecule has 0 aliphatic carbocycles. The monoisotopic (exact) mass is 312 g/mol. The number of benzene rings is 2. The van der Waals surface area contributed by atoms with E-state index >= 15 is 0 Å². The predicted molar refractivity (Wildman–Crippen MR) is 85.3 cm³/mol. The minimum Gasteiger partial charge on any atom is -0.408 e. The standard InChI is InChI=1S/C15H12N4O4/c16-8-4-10-12(22-14(20)18-10)2-6(8)1-7-3-13-11(5-9(7)17)19-15(21)23-13/h2-5H,1,16-17H2,(H,18,20)(H,19,21). The summed E-state index contributed by atoms with van der Waals surface area (Å²) >= 11 is 0. The maximum absolute atomic E-state index is 11.2. The number of oxazole rings is 2. The van der Waals surface area contributed by atoms with Crippen molar-refractivity contribution in [2.45, 2.75) is 6.42 Å². The van der Waals surface area contributed by atoms with Gasteiger partial charge in [-0.25, -0.2) is 9.59 Å². The third-order valence-corrected chi connectivity index (χ3v) is 3.74. The molecular formula is C15H12N4O4. The SMILES string of the molecule is Nc1cc2[nH]c(=O)oc2cc1Cc1cc2oc(=O)[nH]c2cc1N. The van der Waals surface area contributed by atoms with Crippen molar-refractivity contribution >= 4 is 33.6 Å². The van der Waals surface area contributed by atoms with Crippen LogP contribution in [-0.2, 0) is 6.42 Å². The molecule has 116 valence electrons. The molecule has 0 unspecified atom stereocenters. The number of aromatic amines is 2. The van der Waals surface area contributed by atoms with Crippen LogP contribution >= 0.6 is 0 Å². The van der Waals surface area contributed by atoms with Gasteiger partial charge in [-0.05, 0) is 35.4 Å². The highest BCUT2D eigenvalue weighted by molar-refractivity contribution is 5.81. The van der Waals surface area contributed by atoms with Gasteiger partial charge in [0.15, 0.2) is 11.2 Å². The lowest BCUT2D eigenvalue weighted by Crippen LogP contribution is -1.99. The number of H-pyrrole nitrogens is 2. The first-order chi connectivity index (χ1) is 11.0. The van der Waals surface area contributed by atoms with Gasteiger partial charge in [0.25, 0.3) is 0 Å². The maximum Gasteiger partial charge on any atom is 0.417 e. The normalized spacial score (nSPS) is 11.5. The van der Waals surface area contributed by atoms with Gasteiger partial charge in [0.05, 0.1) is 11.0 Å². The summed E-state index contributed by atoms with van der Waals surface area (Å²) in [5.41, 5.74) is 16.5. The lowest BCUT2D eigenvalue weighted by atomic mass is 10.0. The lowest BCUT2D eigenvalue weighted by molar-refractivity contribution is 0.555. The fourth-order valence-corrected chi connectivity index (χ4v) is 2.62. The molecule has 8 nitrogen and oxygen atoms in total. The van der Waals surface area contributed by atoms with Crippen molar-refractivity contribution in [1.29, 1.82) is 0 Å². The summed E-state index contributed by atoms with van der Waals surface area (Å²) in [5.74, 6) is -1.07. The maximum atomic E-state index is 11.2. The minimum atomic E-state index is -0.536. The Morgan fingerprint density at radius 3 is 1.65 bits per heavy atom. The molecule has 2 heterocycles. The van der Waals surface area contributed by atoms with Gasteiger partial charge in [-0.3, -0.25) is 9.97 Å². The summed E-state index contributed by atoms with van der Waals surface area (Å²) in [7, 11) is 0. The van der Waals surface area contributed by atoms with Crippen molar-refractivity contribution in [3.8, 4) is 0 Å². The number of aromatic nitrogens is 2. The Hall–Kier alpha value is -3.42. The fraction of sp³-hybridized carbons (Fsp3) is 0.0667. The van der Waals surface area contributed by atoms with Crippen molar-refractivity contribution in [2.24, 2.45) is 0 Å². The summed E-state index contributed by atoms with van der Waals surface area (Å²) in [6.07, 6.45) is 0.410. The van der Waals surface area contributed by atoms with Crippen molar-refractivity contribution in [1.82, 2.24) is 9.97 Å². The van der Waals surface area contributed by atoms with Gasteiger partial charge in [0.2, 0.25) is 0 Å². The number of hydrogen-bond acceptors (Lipinski definition) is 6. The van der Waals surface area contributed by atoms with E-state index in [0.29, 0.717) is 40.0 Å². The van der Waals surface area contributed by atoms with E-state index in [2.05, 4.69) is 9.97 Å². The van der Waals surface area contributed by atoms with Gasteiger partial charge in [0, 0.05) is 17.8 Å². The molecule has 0 saturated heterocycles. The Morgan fingerprint density at radius 1 is 0.783 bits per heavy atom. The molecule has 0 amide bonds. The van der Waals surface area contributed by atoms with Gasteiger partial charge in [-0.2, -0.15) is 0 Å². The molecule has 0 aliphatic rings. The van der Waals surface area contributed by atoms with Crippen LogP contribution in [0.3, 0.4) is 0 Å². The van der Waals surface area contributed by atoms with E-state index in [-0.39, 0.29) is 0 Å². The molecule has 0 spiro atoms. The van der Waals surface area contributed by atoms with E-state index in [4.69, 9.17) is 20.3 Å². The molecule has 4 rings (SSSR count). The van der Waals surface area contributed by atoms with E-state index in [1.807, 2.05) is 0 Å². The second-order valence-corrected chi connectivity index (χ2v) is 5.30. The first-order valence-electron chi connectivity index (χ1n) is 6.82. The molecule has 4 aromatic rings. The van der Waals surface area contributed by atoms with Crippen LogP contribution in [0.5, 0.6) is 0 Å². The van der Waals surface area contributed by atoms with E-state index in [1.54, 1.807) is 24.3 Å². The third-order valence-electron chi connectivity index (χ3n) is 3.74. The third kappa shape index (κ3) is 2.16. The highest BCUT2D eigenvalue weighted by atomic mass is 16.4. The van der Waals surface area contributed by atoms with Crippen molar-refractivity contribution in [3.05, 3.63) is 56.5 Å². The lowest BCUT2D eigenvalue weighted by Gasteiger charge is -2.08. The number of anilines is 2. The molecule has 2 aromatic heterocycles. The quantitative estimate of drug-likeness (QED) is 0.411. The molecule has 0 saturated carbocycles. The van der Waals surface area contributed by atoms with Gasteiger partial charge in [-0.15, -0.1) is 0 Å². The molecule has 0 radical (unpaired) electrons. The van der Waals surface area contributed by atoms with Gasteiger partial charge >= 0.3 is 11.5 Å². The second-order valence-electron chi connectivity index (χ2n) is 5.30. The van der Waals surface area contributed by atoms with Crippen LogP contribution in [-0.4, -0.2) is 9.97 Å². The molecule has 0 atom stereocenters. The largest absolute Gasteiger partial charge is 0.417 e. The van der Waals surface area contributed by atoms with E-state index < -0.39 is 11.5 Å². The second kappa shape index (κ2) is 4.54. The number of nitrogens with one attached hydrogen (secondary N) is 2. The van der Waals surface area contributed by atoms with Crippen molar-refractivity contribution in [3.63, 3.8) is 0 Å². The smallest absolute Gasteiger partial charge is 0.408 e. The summed E-state index contributed by atoms with van der Waals surface area (Å²) < 4.78 is 10.1. The molecular weight excluding hydrogens is 300 g/mol. The Labute approximate surface area is 127 Å². The van der Waals surface area contributed by atoms with Crippen molar-refractivity contribution < 1.29 is 8.83 Å².